The molecule has 152 valence electrons. The summed E-state index contributed by atoms with van der Waals surface area (Å²) in [5, 5.41) is 8.26. The van der Waals surface area contributed by atoms with E-state index in [-0.39, 0.29) is 18.7 Å². The van der Waals surface area contributed by atoms with E-state index in [4.69, 9.17) is 16.3 Å². The van der Waals surface area contributed by atoms with Crippen molar-refractivity contribution in [3.63, 3.8) is 0 Å². The summed E-state index contributed by atoms with van der Waals surface area (Å²) in [7, 11) is 4.16. The molecule has 1 aromatic carbocycles. The van der Waals surface area contributed by atoms with Crippen molar-refractivity contribution < 1.29 is 9.53 Å². The molecule has 1 aliphatic rings. The number of hydrogen-bond donors (Lipinski definition) is 1. The number of nitrogens with zero attached hydrogens (tertiary/aromatic N) is 3. The van der Waals surface area contributed by atoms with Crippen LogP contribution in [0.4, 0.5) is 0 Å². The molecule has 28 heavy (non-hydrogen) atoms. The molecule has 0 aliphatic heterocycles. The Labute approximate surface area is 171 Å². The molecular weight excluding hydrogens is 376 g/mol. The zero-order valence-corrected chi connectivity index (χ0v) is 17.6. The fourth-order valence-corrected chi connectivity index (χ4v) is 3.85. The summed E-state index contributed by atoms with van der Waals surface area (Å²) >= 11 is 6.03. The first-order valence-electron chi connectivity index (χ1n) is 9.80. The lowest BCUT2D eigenvalue weighted by Gasteiger charge is -2.33. The number of carbonyl (C=O) groups is 1. The number of halogens is 1. The van der Waals surface area contributed by atoms with E-state index in [0.717, 1.165) is 37.1 Å². The van der Waals surface area contributed by atoms with Crippen LogP contribution in [0.25, 0.3) is 0 Å². The van der Waals surface area contributed by atoms with Gasteiger partial charge in [-0.1, -0.05) is 24.4 Å². The van der Waals surface area contributed by atoms with Crippen LogP contribution in [0.1, 0.15) is 41.7 Å². The minimum atomic E-state index is -0.114. The van der Waals surface area contributed by atoms with E-state index in [1.807, 2.05) is 25.1 Å². The van der Waals surface area contributed by atoms with Gasteiger partial charge in [0.05, 0.1) is 0 Å². The van der Waals surface area contributed by atoms with Crippen LogP contribution < -0.4 is 10.1 Å². The van der Waals surface area contributed by atoms with E-state index >= 15 is 0 Å². The third-order valence-corrected chi connectivity index (χ3v) is 5.62. The number of hydrogen-bond acceptors (Lipinski definition) is 4. The number of benzene rings is 1. The van der Waals surface area contributed by atoms with Gasteiger partial charge in [0.15, 0.2) is 6.73 Å². The number of rotatable bonds is 7. The molecule has 6 nitrogen and oxygen atoms in total. The third-order valence-electron chi connectivity index (χ3n) is 5.19. The van der Waals surface area contributed by atoms with Crippen molar-refractivity contribution in [2.45, 2.75) is 45.4 Å². The highest BCUT2D eigenvalue weighted by Gasteiger charge is 2.27. The van der Waals surface area contributed by atoms with Gasteiger partial charge in [-0.3, -0.25) is 4.79 Å². The highest BCUT2D eigenvalue weighted by Crippen LogP contribution is 2.25. The molecule has 2 aromatic rings. The van der Waals surface area contributed by atoms with Crippen molar-refractivity contribution in [1.82, 2.24) is 20.0 Å². The third kappa shape index (κ3) is 5.49. The highest BCUT2D eigenvalue weighted by molar-refractivity contribution is 6.31. The van der Waals surface area contributed by atoms with E-state index in [1.54, 1.807) is 16.9 Å². The first-order chi connectivity index (χ1) is 13.4. The van der Waals surface area contributed by atoms with Crippen LogP contribution in [0.5, 0.6) is 5.75 Å². The fraction of sp³-hybridized carbons (Fsp3) is 0.524. The fourth-order valence-electron chi connectivity index (χ4n) is 3.73. The molecule has 0 radical (unpaired) electrons. The molecule has 1 N–H and O–H groups in total. The predicted octanol–water partition coefficient (Wildman–Crippen LogP) is 3.73. The second-order valence-electron chi connectivity index (χ2n) is 7.81. The van der Waals surface area contributed by atoms with Crippen LogP contribution in [-0.4, -0.2) is 47.3 Å². The normalized spacial score (nSPS) is 19.6. The van der Waals surface area contributed by atoms with Crippen molar-refractivity contribution in [2.75, 3.05) is 20.6 Å². The van der Waals surface area contributed by atoms with Gasteiger partial charge in [0.1, 0.15) is 11.4 Å². The van der Waals surface area contributed by atoms with E-state index < -0.39 is 0 Å². The molecule has 7 heteroatoms. The second kappa shape index (κ2) is 9.43. The molecule has 1 aliphatic carbocycles. The van der Waals surface area contributed by atoms with Gasteiger partial charge in [0.2, 0.25) is 0 Å². The standard InChI is InChI=1S/C21H29ClN4O2/c1-15-12-17(8-9-18(15)22)28-14-26-11-10-20(24-26)21(27)23-19-7-5-4-6-16(19)13-25(2)3/h8-12,16,19H,4-7,13-14H2,1-3H3,(H,23,27). The molecular formula is C21H29ClN4O2. The van der Waals surface area contributed by atoms with Gasteiger partial charge in [0, 0.05) is 23.8 Å². The van der Waals surface area contributed by atoms with Crippen LogP contribution >= 0.6 is 11.6 Å². The van der Waals surface area contributed by atoms with Crippen LogP contribution in [0.15, 0.2) is 30.5 Å². The molecule has 1 saturated carbocycles. The molecule has 2 atom stereocenters. The van der Waals surface area contributed by atoms with Gasteiger partial charge in [-0.05, 0) is 69.6 Å². The maximum absolute atomic E-state index is 12.7. The maximum atomic E-state index is 12.7. The van der Waals surface area contributed by atoms with Crippen molar-refractivity contribution in [2.24, 2.45) is 5.92 Å². The Morgan fingerprint density at radius 1 is 1.32 bits per heavy atom. The van der Waals surface area contributed by atoms with Crippen LogP contribution in [-0.2, 0) is 6.73 Å². The van der Waals surface area contributed by atoms with Gasteiger partial charge in [0.25, 0.3) is 5.91 Å². The number of carbonyl (C=O) groups excluding carboxylic acids is 1. The summed E-state index contributed by atoms with van der Waals surface area (Å²) in [5.74, 6) is 1.10. The first-order valence-corrected chi connectivity index (χ1v) is 10.2. The summed E-state index contributed by atoms with van der Waals surface area (Å²) in [6.07, 6.45) is 6.35. The lowest BCUT2D eigenvalue weighted by molar-refractivity contribution is 0.0888. The summed E-state index contributed by atoms with van der Waals surface area (Å²) in [4.78, 5) is 14.9. The van der Waals surface area contributed by atoms with Crippen molar-refractivity contribution in [3.8, 4) is 5.75 Å². The van der Waals surface area contributed by atoms with Crippen LogP contribution in [0, 0.1) is 12.8 Å². The molecule has 1 aromatic heterocycles. The van der Waals surface area contributed by atoms with Gasteiger partial charge < -0.3 is 15.0 Å². The average molecular weight is 405 g/mol. The summed E-state index contributed by atoms with van der Waals surface area (Å²) in [6, 6.07) is 7.45. The van der Waals surface area contributed by atoms with E-state index in [1.165, 1.54) is 6.42 Å². The zero-order chi connectivity index (χ0) is 20.1. The monoisotopic (exact) mass is 404 g/mol. The molecule has 2 unspecified atom stereocenters. The molecule has 0 spiro atoms. The summed E-state index contributed by atoms with van der Waals surface area (Å²) < 4.78 is 7.36. The van der Waals surface area contributed by atoms with Crippen molar-refractivity contribution in [3.05, 3.63) is 46.7 Å². The lowest BCUT2D eigenvalue weighted by Crippen LogP contribution is -2.45. The lowest BCUT2D eigenvalue weighted by atomic mass is 9.84. The number of aromatic nitrogens is 2. The Morgan fingerprint density at radius 2 is 2.11 bits per heavy atom. The topological polar surface area (TPSA) is 59.4 Å². The Balaban J connectivity index is 1.56. The molecule has 0 bridgehead atoms. The van der Waals surface area contributed by atoms with E-state index in [2.05, 4.69) is 29.4 Å². The van der Waals surface area contributed by atoms with Gasteiger partial charge in [-0.2, -0.15) is 5.10 Å². The Hall–Kier alpha value is -2.05. The number of ether oxygens (including phenoxy) is 1. The summed E-state index contributed by atoms with van der Waals surface area (Å²) in [5.41, 5.74) is 1.38. The number of amides is 1. The first kappa shape index (κ1) is 20.7. The number of aryl methyl sites for hydroxylation is 1. The SMILES string of the molecule is Cc1cc(OCn2ccc(C(=O)NC3CCCCC3CN(C)C)n2)ccc1Cl. The Bertz CT molecular complexity index is 805. The highest BCUT2D eigenvalue weighted by atomic mass is 35.5. The van der Waals surface area contributed by atoms with E-state index in [9.17, 15) is 4.79 Å². The van der Waals surface area contributed by atoms with Crippen molar-refractivity contribution in [1.29, 1.82) is 0 Å². The quantitative estimate of drug-likeness (QED) is 0.763. The smallest absolute Gasteiger partial charge is 0.272 e. The number of nitrogens with one attached hydrogen (secondary N) is 1. The van der Waals surface area contributed by atoms with Gasteiger partial charge in [-0.25, -0.2) is 4.68 Å². The minimum Gasteiger partial charge on any atom is -0.471 e. The van der Waals surface area contributed by atoms with Crippen LogP contribution in [0.3, 0.4) is 0 Å². The van der Waals surface area contributed by atoms with E-state index in [0.29, 0.717) is 16.6 Å². The second-order valence-corrected chi connectivity index (χ2v) is 8.22. The molecule has 1 fully saturated rings. The predicted molar refractivity (Wildman–Crippen MR) is 111 cm³/mol. The maximum Gasteiger partial charge on any atom is 0.272 e. The molecule has 1 heterocycles. The van der Waals surface area contributed by atoms with Crippen molar-refractivity contribution >= 4 is 17.5 Å². The largest absolute Gasteiger partial charge is 0.471 e. The Morgan fingerprint density at radius 3 is 2.86 bits per heavy atom. The molecule has 0 saturated heterocycles. The minimum absolute atomic E-state index is 0.114. The van der Waals surface area contributed by atoms with Gasteiger partial charge >= 0.3 is 0 Å². The average Bonchev–Trinajstić information content (AvgIpc) is 3.13. The molecule has 3 rings (SSSR count). The van der Waals surface area contributed by atoms with Crippen LogP contribution in [0.2, 0.25) is 5.02 Å². The van der Waals surface area contributed by atoms with Gasteiger partial charge in [-0.15, -0.1) is 0 Å². The molecule has 1 amide bonds. The zero-order valence-electron chi connectivity index (χ0n) is 16.8. The Kier molecular flexibility index (Phi) is 6.97. The summed E-state index contributed by atoms with van der Waals surface area (Å²) in [6.45, 7) is 3.16.